The smallest absolute Gasteiger partial charge is 0.363 e. The van der Waals surface area contributed by atoms with Crippen LogP contribution in [0.25, 0.3) is 0 Å². The maximum atomic E-state index is 11.4. The average Bonchev–Trinajstić information content (AvgIpc) is 2.25. The molecule has 6 nitrogen and oxygen atoms in total. The molecule has 0 radical (unpaired) electrons. The van der Waals surface area contributed by atoms with Crippen LogP contribution in [0.5, 0.6) is 0 Å². The summed E-state index contributed by atoms with van der Waals surface area (Å²) in [4.78, 5) is 22.7. The number of esters is 2. The zero-order valence-electron chi connectivity index (χ0n) is 9.85. The Morgan fingerprint density at radius 1 is 1.18 bits per heavy atom. The molecule has 98 valence electrons. The summed E-state index contributed by atoms with van der Waals surface area (Å²) < 4.78 is 9.40. The minimum atomic E-state index is -2.74. The molecule has 0 spiro atoms. The summed E-state index contributed by atoms with van der Waals surface area (Å²) in [6.45, 7) is 1.60. The molecule has 6 heteroatoms. The number of rotatable bonds is 1. The molecule has 1 aliphatic heterocycles. The zero-order chi connectivity index (χ0) is 12.9. The summed E-state index contributed by atoms with van der Waals surface area (Å²) in [5.74, 6) is -3.96. The average molecular weight is 246 g/mol. The maximum Gasteiger partial charge on any atom is 0.363 e. The number of cyclic esters (lactones) is 2. The Hall–Kier alpha value is -1.14. The van der Waals surface area contributed by atoms with E-state index in [-0.39, 0.29) is 19.3 Å². The van der Waals surface area contributed by atoms with Gasteiger partial charge in [-0.25, -0.2) is 0 Å². The molecule has 0 saturated carbocycles. The normalized spacial score (nSPS) is 26.6. The molecule has 1 rings (SSSR count). The van der Waals surface area contributed by atoms with Crippen LogP contribution in [-0.2, 0) is 19.1 Å². The molecule has 2 N–H and O–H groups in total. The molecule has 1 atom stereocenters. The van der Waals surface area contributed by atoms with Gasteiger partial charge in [0.1, 0.15) is 0 Å². The monoisotopic (exact) mass is 246 g/mol. The van der Waals surface area contributed by atoms with Crippen molar-refractivity contribution in [3.63, 3.8) is 0 Å². The van der Waals surface area contributed by atoms with Crippen LogP contribution in [0.2, 0.25) is 0 Å². The quantitative estimate of drug-likeness (QED) is 0.515. The van der Waals surface area contributed by atoms with Crippen molar-refractivity contribution in [1.29, 1.82) is 0 Å². The number of carbonyl (C=O) groups excluding carboxylic acids is 2. The zero-order valence-corrected chi connectivity index (χ0v) is 9.85. The number of hydrogen-bond donors (Lipinski definition) is 2. The Labute approximate surface area is 99.5 Å². The van der Waals surface area contributed by atoms with Gasteiger partial charge in [0.25, 0.3) is 0 Å². The highest BCUT2D eigenvalue weighted by molar-refractivity contribution is 5.71. The van der Waals surface area contributed by atoms with Crippen molar-refractivity contribution in [1.82, 2.24) is 0 Å². The standard InChI is InChI=1S/C11H18O6/c1-2-8-11(14,15)17-10(13)7-5-3-4-6-9(12)16-8/h8,14-15H,2-7H2,1H3. The summed E-state index contributed by atoms with van der Waals surface area (Å²) in [6.07, 6.45) is 1.08. The van der Waals surface area contributed by atoms with Crippen LogP contribution >= 0.6 is 0 Å². The fourth-order valence-electron chi connectivity index (χ4n) is 1.64. The second kappa shape index (κ2) is 5.97. The van der Waals surface area contributed by atoms with Crippen LogP contribution < -0.4 is 0 Å². The molecule has 0 amide bonds. The highest BCUT2D eigenvalue weighted by Crippen LogP contribution is 2.20. The minimum Gasteiger partial charge on any atom is -0.452 e. The number of ether oxygens (including phenoxy) is 2. The predicted molar refractivity (Wildman–Crippen MR) is 56.5 cm³/mol. The number of hydrogen-bond acceptors (Lipinski definition) is 6. The van der Waals surface area contributed by atoms with Gasteiger partial charge in [0.2, 0.25) is 0 Å². The summed E-state index contributed by atoms with van der Waals surface area (Å²) in [5.41, 5.74) is 0. The van der Waals surface area contributed by atoms with Gasteiger partial charge in [0.05, 0.1) is 0 Å². The van der Waals surface area contributed by atoms with Gasteiger partial charge in [-0.05, 0) is 19.3 Å². The van der Waals surface area contributed by atoms with E-state index in [1.165, 1.54) is 0 Å². The lowest BCUT2D eigenvalue weighted by Gasteiger charge is -2.28. The van der Waals surface area contributed by atoms with E-state index in [2.05, 4.69) is 4.74 Å². The van der Waals surface area contributed by atoms with Crippen LogP contribution in [0.15, 0.2) is 0 Å². The van der Waals surface area contributed by atoms with E-state index >= 15 is 0 Å². The van der Waals surface area contributed by atoms with Gasteiger partial charge in [-0.2, -0.15) is 0 Å². The Balaban J connectivity index is 2.77. The van der Waals surface area contributed by atoms with E-state index in [1.54, 1.807) is 6.92 Å². The molecule has 0 aromatic carbocycles. The first-order valence-corrected chi connectivity index (χ1v) is 5.81. The summed E-state index contributed by atoms with van der Waals surface area (Å²) in [5, 5.41) is 19.1. The first-order valence-electron chi connectivity index (χ1n) is 5.81. The van der Waals surface area contributed by atoms with Gasteiger partial charge in [-0.1, -0.05) is 13.3 Å². The van der Waals surface area contributed by atoms with Crippen LogP contribution in [0.3, 0.4) is 0 Å². The minimum absolute atomic E-state index is 0.105. The van der Waals surface area contributed by atoms with E-state index in [1.807, 2.05) is 0 Å². The molecule has 0 aliphatic carbocycles. The first-order chi connectivity index (χ1) is 7.95. The molecule has 1 saturated heterocycles. The van der Waals surface area contributed by atoms with Gasteiger partial charge in [-0.3, -0.25) is 9.59 Å². The van der Waals surface area contributed by atoms with E-state index < -0.39 is 24.0 Å². The Morgan fingerprint density at radius 2 is 1.76 bits per heavy atom. The molecule has 1 aliphatic rings. The number of carbonyl (C=O) groups is 2. The predicted octanol–water partition coefficient (Wildman–Crippen LogP) is 0.454. The molecule has 17 heavy (non-hydrogen) atoms. The molecule has 1 heterocycles. The van der Waals surface area contributed by atoms with E-state index in [9.17, 15) is 19.8 Å². The van der Waals surface area contributed by atoms with Crippen LogP contribution in [0.1, 0.15) is 45.4 Å². The lowest BCUT2D eigenvalue weighted by Crippen LogP contribution is -2.48. The fraction of sp³-hybridized carbons (Fsp3) is 0.818. The molecule has 1 unspecified atom stereocenters. The largest absolute Gasteiger partial charge is 0.452 e. The molecular formula is C11H18O6. The Bertz CT molecular complexity index is 286. The summed E-state index contributed by atoms with van der Waals surface area (Å²) >= 11 is 0. The molecule has 0 aromatic heterocycles. The van der Waals surface area contributed by atoms with Crippen molar-refractivity contribution >= 4 is 11.9 Å². The SMILES string of the molecule is CCC1OC(=O)CCCCCC(=O)OC1(O)O. The summed E-state index contributed by atoms with van der Waals surface area (Å²) in [7, 11) is 0. The maximum absolute atomic E-state index is 11.4. The van der Waals surface area contributed by atoms with Crippen LogP contribution in [0, 0.1) is 0 Å². The third kappa shape index (κ3) is 4.32. The third-order valence-corrected chi connectivity index (χ3v) is 2.59. The first kappa shape index (κ1) is 13.9. The van der Waals surface area contributed by atoms with Crippen LogP contribution in [-0.4, -0.2) is 34.2 Å². The van der Waals surface area contributed by atoms with Gasteiger partial charge < -0.3 is 19.7 Å². The molecular weight excluding hydrogens is 228 g/mol. The van der Waals surface area contributed by atoms with Crippen LogP contribution in [0.4, 0.5) is 0 Å². The van der Waals surface area contributed by atoms with Gasteiger partial charge in [0, 0.05) is 12.8 Å². The van der Waals surface area contributed by atoms with Crippen molar-refractivity contribution in [3.8, 4) is 0 Å². The third-order valence-electron chi connectivity index (χ3n) is 2.59. The lowest BCUT2D eigenvalue weighted by atomic mass is 10.1. The molecule has 1 fully saturated rings. The molecule has 0 aromatic rings. The highest BCUT2D eigenvalue weighted by Gasteiger charge is 2.41. The second-order valence-electron chi connectivity index (χ2n) is 4.08. The fourth-order valence-corrected chi connectivity index (χ4v) is 1.64. The van der Waals surface area contributed by atoms with Gasteiger partial charge >= 0.3 is 17.9 Å². The Kier molecular flexibility index (Phi) is 4.89. The van der Waals surface area contributed by atoms with Crippen molar-refractivity contribution < 1.29 is 29.3 Å². The van der Waals surface area contributed by atoms with Crippen molar-refractivity contribution in [2.24, 2.45) is 0 Å². The van der Waals surface area contributed by atoms with Crippen molar-refractivity contribution in [2.45, 2.75) is 57.5 Å². The number of aliphatic hydroxyl groups is 2. The van der Waals surface area contributed by atoms with Crippen molar-refractivity contribution in [3.05, 3.63) is 0 Å². The lowest BCUT2D eigenvalue weighted by molar-refractivity contribution is -0.359. The topological polar surface area (TPSA) is 93.1 Å². The summed E-state index contributed by atoms with van der Waals surface area (Å²) in [6, 6.07) is 0. The van der Waals surface area contributed by atoms with Crippen molar-refractivity contribution in [2.75, 3.05) is 0 Å². The second-order valence-corrected chi connectivity index (χ2v) is 4.08. The van der Waals surface area contributed by atoms with E-state index in [0.717, 1.165) is 0 Å². The van der Waals surface area contributed by atoms with Gasteiger partial charge in [-0.15, -0.1) is 0 Å². The molecule has 0 bridgehead atoms. The van der Waals surface area contributed by atoms with Gasteiger partial charge in [0.15, 0.2) is 6.10 Å². The van der Waals surface area contributed by atoms with E-state index in [0.29, 0.717) is 19.3 Å². The highest BCUT2D eigenvalue weighted by atomic mass is 16.8. The van der Waals surface area contributed by atoms with E-state index in [4.69, 9.17) is 4.74 Å². The Morgan fingerprint density at radius 3 is 2.35 bits per heavy atom.